The highest BCUT2D eigenvalue weighted by Gasteiger charge is 2.27. The Hall–Kier alpha value is -4.49. The molecule has 0 saturated heterocycles. The zero-order chi connectivity index (χ0) is 29.8. The van der Waals surface area contributed by atoms with Crippen molar-refractivity contribution in [3.05, 3.63) is 78.5 Å². The van der Waals surface area contributed by atoms with Gasteiger partial charge in [0.05, 0.1) is 49.9 Å². The van der Waals surface area contributed by atoms with Crippen molar-refractivity contribution in [2.24, 2.45) is 0 Å². The smallest absolute Gasteiger partial charge is 0.306 e. The quantitative estimate of drug-likeness (QED) is 0.246. The standard InChI is InChI=1S/C28H28N2O9S2/c1-35-25-15-21(22-12-11-20(29)16-30-22)27(36-2)28(39-41(4,33)34)26(25)19-10-13-23(24(14-19)38-40(3,31)32)37-17-18-8-6-5-7-9-18/h5-16H,17,29H2,1-4H3. The Morgan fingerprint density at radius 1 is 0.756 bits per heavy atom. The molecule has 0 aliphatic heterocycles. The molecule has 0 spiro atoms. The zero-order valence-electron chi connectivity index (χ0n) is 22.7. The monoisotopic (exact) mass is 600 g/mol. The van der Waals surface area contributed by atoms with Crippen LogP contribution in [0.1, 0.15) is 5.56 Å². The Morgan fingerprint density at radius 2 is 1.46 bits per heavy atom. The molecule has 41 heavy (non-hydrogen) atoms. The number of nitrogens with two attached hydrogens (primary N) is 1. The second-order valence-corrected chi connectivity index (χ2v) is 12.0. The SMILES string of the molecule is COc1cc(-c2ccc(N)cn2)c(OC)c(OS(C)(=O)=O)c1-c1ccc(OCc2ccccc2)c(OS(C)(=O)=O)c1. The number of hydrogen-bond donors (Lipinski definition) is 1. The molecule has 2 N–H and O–H groups in total. The fourth-order valence-corrected chi connectivity index (χ4v) is 4.90. The van der Waals surface area contributed by atoms with Gasteiger partial charge in [-0.2, -0.15) is 16.8 Å². The van der Waals surface area contributed by atoms with Crippen LogP contribution in [0.25, 0.3) is 22.4 Å². The maximum Gasteiger partial charge on any atom is 0.306 e. The summed E-state index contributed by atoms with van der Waals surface area (Å²) in [6, 6.07) is 18.6. The highest BCUT2D eigenvalue weighted by Crippen LogP contribution is 2.51. The first kappa shape index (κ1) is 29.5. The van der Waals surface area contributed by atoms with E-state index < -0.39 is 20.2 Å². The number of anilines is 1. The van der Waals surface area contributed by atoms with E-state index in [9.17, 15) is 16.8 Å². The van der Waals surface area contributed by atoms with E-state index >= 15 is 0 Å². The van der Waals surface area contributed by atoms with E-state index in [4.69, 9.17) is 28.3 Å². The summed E-state index contributed by atoms with van der Waals surface area (Å²) in [4.78, 5) is 4.32. The number of nitrogens with zero attached hydrogens (tertiary/aromatic N) is 1. The van der Waals surface area contributed by atoms with E-state index in [0.29, 0.717) is 22.5 Å². The molecule has 0 saturated carbocycles. The molecule has 0 amide bonds. The van der Waals surface area contributed by atoms with Crippen LogP contribution in [0.5, 0.6) is 28.7 Å². The fraction of sp³-hybridized carbons (Fsp3) is 0.179. The zero-order valence-corrected chi connectivity index (χ0v) is 24.3. The van der Waals surface area contributed by atoms with E-state index in [2.05, 4.69) is 4.98 Å². The average Bonchev–Trinajstić information content (AvgIpc) is 2.91. The van der Waals surface area contributed by atoms with Crippen LogP contribution in [0.4, 0.5) is 5.69 Å². The van der Waals surface area contributed by atoms with Gasteiger partial charge in [-0.25, -0.2) is 0 Å². The summed E-state index contributed by atoms with van der Waals surface area (Å²) < 4.78 is 76.9. The van der Waals surface area contributed by atoms with Crippen LogP contribution in [0, 0.1) is 0 Å². The van der Waals surface area contributed by atoms with Crippen LogP contribution in [-0.4, -0.2) is 48.6 Å². The molecule has 4 aromatic rings. The molecular weight excluding hydrogens is 572 g/mol. The van der Waals surface area contributed by atoms with Crippen LogP contribution in [0.15, 0.2) is 72.9 Å². The second-order valence-electron chi connectivity index (χ2n) is 8.85. The number of hydrogen-bond acceptors (Lipinski definition) is 11. The molecule has 3 aromatic carbocycles. The molecule has 4 rings (SSSR count). The number of rotatable bonds is 11. The van der Waals surface area contributed by atoms with Crippen molar-refractivity contribution in [1.82, 2.24) is 4.98 Å². The van der Waals surface area contributed by atoms with Gasteiger partial charge in [-0.1, -0.05) is 36.4 Å². The molecular formula is C28H28N2O9S2. The minimum atomic E-state index is -4.09. The van der Waals surface area contributed by atoms with Gasteiger partial charge in [-0.05, 0) is 41.5 Å². The van der Waals surface area contributed by atoms with Crippen molar-refractivity contribution < 1.29 is 39.4 Å². The molecule has 11 nitrogen and oxygen atoms in total. The van der Waals surface area contributed by atoms with Gasteiger partial charge in [0.2, 0.25) is 0 Å². The third kappa shape index (κ3) is 7.38. The predicted molar refractivity (Wildman–Crippen MR) is 154 cm³/mol. The molecule has 0 aliphatic rings. The Balaban J connectivity index is 1.93. The third-order valence-corrected chi connectivity index (χ3v) is 6.58. The van der Waals surface area contributed by atoms with Gasteiger partial charge < -0.3 is 28.3 Å². The summed E-state index contributed by atoms with van der Waals surface area (Å²) in [5.41, 5.74) is 8.28. The number of pyridine rings is 1. The molecule has 1 heterocycles. The minimum absolute atomic E-state index is 0.0403. The van der Waals surface area contributed by atoms with Crippen LogP contribution in [0.3, 0.4) is 0 Å². The summed E-state index contributed by atoms with van der Waals surface area (Å²) >= 11 is 0. The van der Waals surface area contributed by atoms with Crippen LogP contribution >= 0.6 is 0 Å². The topological polar surface area (TPSA) is 153 Å². The van der Waals surface area contributed by atoms with E-state index in [0.717, 1.165) is 18.1 Å². The fourth-order valence-electron chi connectivity index (χ4n) is 3.99. The number of benzene rings is 3. The van der Waals surface area contributed by atoms with Gasteiger partial charge in [-0.15, -0.1) is 0 Å². The maximum atomic E-state index is 12.4. The Morgan fingerprint density at radius 3 is 2.05 bits per heavy atom. The Kier molecular flexibility index (Phi) is 8.59. The van der Waals surface area contributed by atoms with E-state index in [1.54, 1.807) is 24.3 Å². The lowest BCUT2D eigenvalue weighted by molar-refractivity contribution is 0.296. The van der Waals surface area contributed by atoms with E-state index in [1.807, 2.05) is 30.3 Å². The maximum absolute atomic E-state index is 12.4. The molecule has 0 unspecified atom stereocenters. The number of methoxy groups -OCH3 is 2. The summed E-state index contributed by atoms with van der Waals surface area (Å²) in [6.45, 7) is 0.142. The highest BCUT2D eigenvalue weighted by molar-refractivity contribution is 7.86. The van der Waals surface area contributed by atoms with Crippen molar-refractivity contribution in [3.8, 4) is 51.1 Å². The molecule has 0 fully saturated rings. The van der Waals surface area contributed by atoms with Gasteiger partial charge in [0.25, 0.3) is 0 Å². The second kappa shape index (κ2) is 11.9. The minimum Gasteiger partial charge on any atom is -0.496 e. The van der Waals surface area contributed by atoms with Crippen molar-refractivity contribution in [2.75, 3.05) is 32.5 Å². The van der Waals surface area contributed by atoms with Gasteiger partial charge in [0.15, 0.2) is 23.0 Å². The van der Waals surface area contributed by atoms with E-state index in [-0.39, 0.29) is 40.9 Å². The van der Waals surface area contributed by atoms with Gasteiger partial charge in [0, 0.05) is 5.56 Å². The summed E-state index contributed by atoms with van der Waals surface area (Å²) in [5.74, 6) is 0.0322. The third-order valence-electron chi connectivity index (χ3n) is 5.63. The lowest BCUT2D eigenvalue weighted by Crippen LogP contribution is -2.10. The molecule has 0 radical (unpaired) electrons. The molecule has 0 atom stereocenters. The lowest BCUT2D eigenvalue weighted by Gasteiger charge is -2.21. The predicted octanol–water partition coefficient (Wildman–Crippen LogP) is 4.27. The van der Waals surface area contributed by atoms with Crippen molar-refractivity contribution in [3.63, 3.8) is 0 Å². The van der Waals surface area contributed by atoms with E-state index in [1.165, 1.54) is 32.5 Å². The first-order chi connectivity index (χ1) is 19.4. The summed E-state index contributed by atoms with van der Waals surface area (Å²) in [7, 11) is -5.32. The van der Waals surface area contributed by atoms with Crippen LogP contribution < -0.4 is 28.3 Å². The van der Waals surface area contributed by atoms with Crippen molar-refractivity contribution in [1.29, 1.82) is 0 Å². The molecule has 0 bridgehead atoms. The molecule has 216 valence electrons. The first-order valence-electron chi connectivity index (χ1n) is 12.0. The van der Waals surface area contributed by atoms with Gasteiger partial charge in [-0.3, -0.25) is 4.98 Å². The highest BCUT2D eigenvalue weighted by atomic mass is 32.2. The molecule has 0 aliphatic carbocycles. The number of nitrogen functional groups attached to an aromatic ring is 1. The largest absolute Gasteiger partial charge is 0.496 e. The number of aromatic nitrogens is 1. The number of ether oxygens (including phenoxy) is 3. The molecule has 1 aromatic heterocycles. The lowest BCUT2D eigenvalue weighted by atomic mass is 9.98. The molecule has 13 heteroatoms. The van der Waals surface area contributed by atoms with Crippen molar-refractivity contribution >= 4 is 25.9 Å². The Bertz CT molecular complexity index is 1760. The first-order valence-corrected chi connectivity index (χ1v) is 15.6. The normalized spacial score (nSPS) is 11.5. The van der Waals surface area contributed by atoms with Gasteiger partial charge >= 0.3 is 20.2 Å². The average molecular weight is 601 g/mol. The summed E-state index contributed by atoms with van der Waals surface area (Å²) in [6.07, 6.45) is 3.22. The van der Waals surface area contributed by atoms with Gasteiger partial charge in [0.1, 0.15) is 12.4 Å². The van der Waals surface area contributed by atoms with Crippen LogP contribution in [0.2, 0.25) is 0 Å². The van der Waals surface area contributed by atoms with Crippen molar-refractivity contribution in [2.45, 2.75) is 6.61 Å². The van der Waals surface area contributed by atoms with Crippen LogP contribution in [-0.2, 0) is 26.8 Å². The Labute approximate surface area is 238 Å². The summed E-state index contributed by atoms with van der Waals surface area (Å²) in [5, 5.41) is 0.